The first-order chi connectivity index (χ1) is 13.0. The molecule has 0 bridgehead atoms. The van der Waals surface area contributed by atoms with Gasteiger partial charge in [0.1, 0.15) is 19.0 Å². The molecule has 0 aliphatic carbocycles. The standard InChI is InChI=1S/C18H17NO6S2/c20-18(16-3-1-7-25-16,17-4-2-10-26-17)12-19-27(21,22)13-5-6-14-15(11-13)24-9-8-23-14/h1-7,10-11,19-20H,8-9,12H2/t18-/m0/s1. The molecule has 1 aromatic carbocycles. The van der Waals surface area contributed by atoms with Gasteiger partial charge < -0.3 is 19.0 Å². The zero-order chi connectivity index (χ0) is 18.9. The Morgan fingerprint density at radius 3 is 2.63 bits per heavy atom. The number of aliphatic hydroxyl groups is 1. The van der Waals surface area contributed by atoms with Crippen molar-refractivity contribution in [1.29, 1.82) is 0 Å². The van der Waals surface area contributed by atoms with Gasteiger partial charge in [0.05, 0.1) is 17.7 Å². The first kappa shape index (κ1) is 18.1. The molecule has 1 atom stereocenters. The van der Waals surface area contributed by atoms with E-state index in [1.807, 2.05) is 0 Å². The fourth-order valence-corrected chi connectivity index (χ4v) is 4.70. The lowest BCUT2D eigenvalue weighted by Gasteiger charge is -2.25. The van der Waals surface area contributed by atoms with Crippen molar-refractivity contribution in [3.05, 3.63) is 64.7 Å². The normalized spacial score (nSPS) is 16.0. The zero-order valence-electron chi connectivity index (χ0n) is 14.1. The van der Waals surface area contributed by atoms with Crippen molar-refractivity contribution in [1.82, 2.24) is 4.72 Å². The molecule has 0 saturated carbocycles. The van der Waals surface area contributed by atoms with E-state index < -0.39 is 15.6 Å². The third-order valence-electron chi connectivity index (χ3n) is 4.20. The number of nitrogens with one attached hydrogen (secondary N) is 1. The Balaban J connectivity index is 1.61. The second-order valence-electron chi connectivity index (χ2n) is 5.94. The number of rotatable bonds is 6. The van der Waals surface area contributed by atoms with Gasteiger partial charge in [-0.05, 0) is 35.7 Å². The van der Waals surface area contributed by atoms with Crippen molar-refractivity contribution in [3.8, 4) is 11.5 Å². The Labute approximate surface area is 160 Å². The first-order valence-corrected chi connectivity index (χ1v) is 10.5. The summed E-state index contributed by atoms with van der Waals surface area (Å²) < 4.78 is 44.2. The highest BCUT2D eigenvalue weighted by Crippen LogP contribution is 2.34. The van der Waals surface area contributed by atoms with Crippen LogP contribution in [0.25, 0.3) is 0 Å². The third-order valence-corrected chi connectivity index (χ3v) is 6.62. The van der Waals surface area contributed by atoms with E-state index in [4.69, 9.17) is 13.9 Å². The number of ether oxygens (including phenoxy) is 2. The number of thiophene rings is 1. The van der Waals surface area contributed by atoms with Gasteiger partial charge in [-0.1, -0.05) is 6.07 Å². The van der Waals surface area contributed by atoms with E-state index >= 15 is 0 Å². The van der Waals surface area contributed by atoms with Gasteiger partial charge in [0, 0.05) is 10.9 Å². The minimum atomic E-state index is -3.89. The van der Waals surface area contributed by atoms with E-state index in [9.17, 15) is 13.5 Å². The molecule has 1 aliphatic heterocycles. The quantitative estimate of drug-likeness (QED) is 0.651. The van der Waals surface area contributed by atoms with Crippen LogP contribution in [0.3, 0.4) is 0 Å². The van der Waals surface area contributed by atoms with Crippen LogP contribution in [-0.4, -0.2) is 33.3 Å². The van der Waals surface area contributed by atoms with Crippen LogP contribution >= 0.6 is 11.3 Å². The Morgan fingerprint density at radius 1 is 1.11 bits per heavy atom. The van der Waals surface area contributed by atoms with Gasteiger partial charge in [-0.2, -0.15) is 0 Å². The minimum Gasteiger partial charge on any atom is -0.486 e. The summed E-state index contributed by atoms with van der Waals surface area (Å²) in [4.78, 5) is 0.599. The van der Waals surface area contributed by atoms with E-state index in [0.717, 1.165) is 0 Å². The molecule has 2 aromatic heterocycles. The molecule has 0 radical (unpaired) electrons. The second kappa shape index (κ2) is 7.01. The molecule has 0 amide bonds. The number of hydrogen-bond acceptors (Lipinski definition) is 7. The van der Waals surface area contributed by atoms with Crippen LogP contribution < -0.4 is 14.2 Å². The summed E-state index contributed by atoms with van der Waals surface area (Å²) in [5, 5.41) is 13.0. The molecule has 0 spiro atoms. The molecule has 7 nitrogen and oxygen atoms in total. The molecule has 2 N–H and O–H groups in total. The van der Waals surface area contributed by atoms with Crippen molar-refractivity contribution in [2.24, 2.45) is 0 Å². The minimum absolute atomic E-state index is 0.0275. The lowest BCUT2D eigenvalue weighted by molar-refractivity contribution is 0.0655. The Bertz CT molecular complexity index is 978. The molecular formula is C18H17NO6S2. The summed E-state index contributed by atoms with van der Waals surface area (Å²) in [6, 6.07) is 11.2. The van der Waals surface area contributed by atoms with Gasteiger partial charge in [0.25, 0.3) is 0 Å². The largest absolute Gasteiger partial charge is 0.486 e. The smallest absolute Gasteiger partial charge is 0.240 e. The molecule has 4 rings (SSSR count). The van der Waals surface area contributed by atoms with Crippen LogP contribution in [0.1, 0.15) is 10.6 Å². The lowest BCUT2D eigenvalue weighted by atomic mass is 9.99. The van der Waals surface area contributed by atoms with Gasteiger partial charge >= 0.3 is 0 Å². The van der Waals surface area contributed by atoms with Gasteiger partial charge in [0.2, 0.25) is 10.0 Å². The van der Waals surface area contributed by atoms with E-state index in [1.54, 1.807) is 35.7 Å². The maximum Gasteiger partial charge on any atom is 0.240 e. The van der Waals surface area contributed by atoms with Crippen molar-refractivity contribution in [3.63, 3.8) is 0 Å². The Kier molecular flexibility index (Phi) is 4.68. The van der Waals surface area contributed by atoms with Crippen LogP contribution in [0.2, 0.25) is 0 Å². The molecular weight excluding hydrogens is 390 g/mol. The highest BCUT2D eigenvalue weighted by Gasteiger charge is 2.37. The van der Waals surface area contributed by atoms with Crippen LogP contribution in [-0.2, 0) is 15.6 Å². The number of benzene rings is 1. The van der Waals surface area contributed by atoms with Crippen molar-refractivity contribution in [2.45, 2.75) is 10.5 Å². The van der Waals surface area contributed by atoms with Crippen molar-refractivity contribution in [2.75, 3.05) is 19.8 Å². The van der Waals surface area contributed by atoms with Crippen LogP contribution in [0, 0.1) is 0 Å². The maximum atomic E-state index is 12.8. The van der Waals surface area contributed by atoms with Crippen molar-refractivity contribution < 1.29 is 27.4 Å². The highest BCUT2D eigenvalue weighted by molar-refractivity contribution is 7.89. The highest BCUT2D eigenvalue weighted by atomic mass is 32.2. The SMILES string of the molecule is O=S(=O)(NC[C@](O)(c1ccco1)c1cccs1)c1ccc2c(c1)OCCO2. The molecule has 3 aromatic rings. The predicted octanol–water partition coefficient (Wildman–Crippen LogP) is 2.33. The number of sulfonamides is 1. The second-order valence-corrected chi connectivity index (χ2v) is 8.66. The lowest BCUT2D eigenvalue weighted by Crippen LogP contribution is -2.41. The molecule has 142 valence electrons. The average molecular weight is 407 g/mol. The van der Waals surface area contributed by atoms with Gasteiger partial charge in [0.15, 0.2) is 17.1 Å². The van der Waals surface area contributed by atoms with Crippen LogP contribution in [0.5, 0.6) is 11.5 Å². The van der Waals surface area contributed by atoms with E-state index in [-0.39, 0.29) is 17.2 Å². The van der Waals surface area contributed by atoms with E-state index in [2.05, 4.69) is 4.72 Å². The Morgan fingerprint density at radius 2 is 1.93 bits per heavy atom. The average Bonchev–Trinajstić information content (AvgIpc) is 3.40. The summed E-state index contributed by atoms with van der Waals surface area (Å²) >= 11 is 1.31. The third kappa shape index (κ3) is 3.46. The fraction of sp³-hybridized carbons (Fsp3) is 0.222. The van der Waals surface area contributed by atoms with Crippen molar-refractivity contribution >= 4 is 21.4 Å². The van der Waals surface area contributed by atoms with E-state index in [1.165, 1.54) is 29.7 Å². The van der Waals surface area contributed by atoms with Gasteiger partial charge in [-0.3, -0.25) is 0 Å². The molecule has 9 heteroatoms. The molecule has 0 fully saturated rings. The first-order valence-electron chi connectivity index (χ1n) is 8.19. The molecule has 0 saturated heterocycles. The van der Waals surface area contributed by atoms with Gasteiger partial charge in [-0.15, -0.1) is 11.3 Å². The fourth-order valence-electron chi connectivity index (χ4n) is 2.80. The number of hydrogen-bond donors (Lipinski definition) is 2. The summed E-state index contributed by atoms with van der Waals surface area (Å²) in [6.07, 6.45) is 1.43. The number of fused-ring (bicyclic) bond motifs is 1. The van der Waals surface area contributed by atoms with E-state index in [0.29, 0.717) is 29.6 Å². The monoisotopic (exact) mass is 407 g/mol. The topological polar surface area (TPSA) is 98.0 Å². The molecule has 0 unspecified atom stereocenters. The number of furan rings is 1. The van der Waals surface area contributed by atoms with Crippen LogP contribution in [0.4, 0.5) is 0 Å². The maximum absolute atomic E-state index is 12.8. The summed E-state index contributed by atoms with van der Waals surface area (Å²) in [5.74, 6) is 1.14. The molecule has 27 heavy (non-hydrogen) atoms. The molecule has 3 heterocycles. The van der Waals surface area contributed by atoms with Gasteiger partial charge in [-0.25, -0.2) is 13.1 Å². The molecule has 1 aliphatic rings. The van der Waals surface area contributed by atoms with Crippen LogP contribution in [0.15, 0.2) is 63.4 Å². The zero-order valence-corrected chi connectivity index (χ0v) is 15.8. The predicted molar refractivity (Wildman–Crippen MR) is 98.6 cm³/mol. The summed E-state index contributed by atoms with van der Waals surface area (Å²) in [7, 11) is -3.89. The summed E-state index contributed by atoms with van der Waals surface area (Å²) in [6.45, 7) is 0.507. The summed E-state index contributed by atoms with van der Waals surface area (Å²) in [5.41, 5.74) is -1.61. The Hall–Kier alpha value is -2.33.